The van der Waals surface area contributed by atoms with Crippen molar-refractivity contribution in [3.63, 3.8) is 0 Å². The van der Waals surface area contributed by atoms with Crippen LogP contribution in [0.3, 0.4) is 0 Å². The summed E-state index contributed by atoms with van der Waals surface area (Å²) in [4.78, 5) is 13.9. The monoisotopic (exact) mass is 477 g/mol. The summed E-state index contributed by atoms with van der Waals surface area (Å²) >= 11 is 0. The van der Waals surface area contributed by atoms with Gasteiger partial charge in [-0.15, -0.1) is 0 Å². The highest BCUT2D eigenvalue weighted by Gasteiger charge is 2.39. The van der Waals surface area contributed by atoms with E-state index in [4.69, 9.17) is 13.6 Å². The molecule has 1 aromatic rings. The van der Waals surface area contributed by atoms with Crippen LogP contribution in [0.15, 0.2) is 42.1 Å². The molecule has 32 heavy (non-hydrogen) atoms. The quantitative estimate of drug-likeness (QED) is 0.319. The molecule has 180 valence electrons. The summed E-state index contributed by atoms with van der Waals surface area (Å²) in [5.41, 5.74) is 2.10. The maximum Gasteiger partial charge on any atom is 0.413 e. The average molecular weight is 478 g/mol. The Morgan fingerprint density at radius 2 is 1.72 bits per heavy atom. The maximum absolute atomic E-state index is 12.3. The number of hydrogen-bond acceptors (Lipinski definition) is 4. The van der Waals surface area contributed by atoms with E-state index in [1.807, 2.05) is 12.3 Å². The first-order chi connectivity index (χ1) is 15.0. The molecule has 2 rings (SSSR count). The van der Waals surface area contributed by atoms with Crippen molar-refractivity contribution in [3.8, 4) is 0 Å². The Morgan fingerprint density at radius 1 is 1.12 bits per heavy atom. The molecule has 0 N–H and O–H groups in total. The smallest absolute Gasteiger partial charge is 0.413 e. The number of rotatable bonds is 11. The van der Waals surface area contributed by atoms with Crippen LogP contribution >= 0.6 is 0 Å². The van der Waals surface area contributed by atoms with Crippen molar-refractivity contribution in [2.24, 2.45) is 0 Å². The molecule has 5 nitrogen and oxygen atoms in total. The second-order valence-electron chi connectivity index (χ2n) is 10.2. The molecule has 0 saturated carbocycles. The van der Waals surface area contributed by atoms with E-state index in [2.05, 4.69) is 78.9 Å². The summed E-state index contributed by atoms with van der Waals surface area (Å²) in [5, 5.41) is 0.0998. The van der Waals surface area contributed by atoms with Crippen molar-refractivity contribution >= 4 is 22.7 Å². The fraction of sp³-hybridized carbons (Fsp3) is 0.640. The van der Waals surface area contributed by atoms with Gasteiger partial charge in [-0.25, -0.2) is 4.79 Å². The predicted molar refractivity (Wildman–Crippen MR) is 137 cm³/mol. The molecule has 1 aromatic carbocycles. The fourth-order valence-electron chi connectivity index (χ4n) is 3.62. The van der Waals surface area contributed by atoms with Crippen LogP contribution in [0.5, 0.6) is 0 Å². The van der Waals surface area contributed by atoms with Crippen LogP contribution in [-0.2, 0) is 13.6 Å². The van der Waals surface area contributed by atoms with Crippen molar-refractivity contribution in [1.29, 1.82) is 0 Å². The van der Waals surface area contributed by atoms with Crippen LogP contribution in [0.2, 0.25) is 36.3 Å². The van der Waals surface area contributed by atoms with Crippen molar-refractivity contribution in [3.05, 3.63) is 47.7 Å². The Bertz CT molecular complexity index is 762. The minimum Gasteiger partial charge on any atom is -0.447 e. The van der Waals surface area contributed by atoms with Gasteiger partial charge in [0, 0.05) is 11.8 Å². The number of carbonyl (C=O) groups excluding carboxylic acids is 1. The molecule has 0 aliphatic carbocycles. The molecule has 1 amide bonds. The average Bonchev–Trinajstić information content (AvgIpc) is 3.17. The largest absolute Gasteiger partial charge is 0.447 e. The molecule has 1 saturated heterocycles. The zero-order valence-electron chi connectivity index (χ0n) is 21.4. The SMILES string of the molecule is CC[Si](CC)(CC)OC(/C(=C\N1CCOC1=O)CO[Si](C)(C)C(C)(C)C)c1ccccc1. The third-order valence-corrected chi connectivity index (χ3v) is 16.3. The molecule has 7 heteroatoms. The molecule has 0 aromatic heterocycles. The summed E-state index contributed by atoms with van der Waals surface area (Å²) in [7, 11) is -3.92. The van der Waals surface area contributed by atoms with Gasteiger partial charge in [-0.1, -0.05) is 71.9 Å². The number of amides is 1. The molecular weight excluding hydrogens is 434 g/mol. The Morgan fingerprint density at radius 3 is 2.19 bits per heavy atom. The first-order valence-corrected chi connectivity index (χ1v) is 17.4. The van der Waals surface area contributed by atoms with Gasteiger partial charge in [-0.2, -0.15) is 0 Å². The topological polar surface area (TPSA) is 48.0 Å². The highest BCUT2D eigenvalue weighted by molar-refractivity contribution is 6.74. The van der Waals surface area contributed by atoms with Crippen LogP contribution in [-0.4, -0.2) is 47.4 Å². The lowest BCUT2D eigenvalue weighted by molar-refractivity contribution is 0.164. The van der Waals surface area contributed by atoms with Crippen LogP contribution in [0.25, 0.3) is 0 Å². The first kappa shape index (κ1) is 26.8. The van der Waals surface area contributed by atoms with E-state index in [1.54, 1.807) is 4.90 Å². The highest BCUT2D eigenvalue weighted by Crippen LogP contribution is 2.39. The number of cyclic esters (lactones) is 1. The predicted octanol–water partition coefficient (Wildman–Crippen LogP) is 7.11. The number of benzene rings is 1. The fourth-order valence-corrected chi connectivity index (χ4v) is 7.37. The van der Waals surface area contributed by atoms with E-state index < -0.39 is 16.6 Å². The third-order valence-electron chi connectivity index (χ3n) is 7.26. The molecule has 1 fully saturated rings. The van der Waals surface area contributed by atoms with Gasteiger partial charge in [0.2, 0.25) is 0 Å². The lowest BCUT2D eigenvalue weighted by Gasteiger charge is -2.39. The number of nitrogens with zero attached hydrogens (tertiary/aromatic N) is 1. The number of hydrogen-bond donors (Lipinski definition) is 0. The van der Waals surface area contributed by atoms with E-state index in [0.717, 1.165) is 29.3 Å². The Kier molecular flexibility index (Phi) is 9.34. The lowest BCUT2D eigenvalue weighted by Crippen LogP contribution is -2.42. The first-order valence-electron chi connectivity index (χ1n) is 12.0. The van der Waals surface area contributed by atoms with Crippen LogP contribution < -0.4 is 0 Å². The normalized spacial score (nSPS) is 16.9. The van der Waals surface area contributed by atoms with Crippen molar-refractivity contribution in [2.45, 2.75) is 83.9 Å². The summed E-state index contributed by atoms with van der Waals surface area (Å²) < 4.78 is 18.9. The van der Waals surface area contributed by atoms with E-state index in [-0.39, 0.29) is 17.2 Å². The van der Waals surface area contributed by atoms with E-state index in [0.29, 0.717) is 19.8 Å². The van der Waals surface area contributed by atoms with E-state index in [9.17, 15) is 4.79 Å². The standard InChI is InChI=1S/C25H43NO4Si2/c1-9-32(10-2,11-3)30-23(21-15-13-12-14-16-21)22(19-26-17-18-28-24(26)27)20-29-31(7,8)25(4,5)6/h12-16,19,23H,9-11,17-18,20H2,1-8H3/b22-19-. The van der Waals surface area contributed by atoms with E-state index >= 15 is 0 Å². The zero-order valence-corrected chi connectivity index (χ0v) is 23.4. The molecule has 1 aliphatic rings. The van der Waals surface area contributed by atoms with Gasteiger partial charge in [0.15, 0.2) is 16.6 Å². The van der Waals surface area contributed by atoms with Gasteiger partial charge in [0.1, 0.15) is 6.61 Å². The van der Waals surface area contributed by atoms with Gasteiger partial charge in [0.05, 0.1) is 19.3 Å². The van der Waals surface area contributed by atoms with Gasteiger partial charge in [-0.05, 0) is 41.8 Å². The van der Waals surface area contributed by atoms with Crippen molar-refractivity contribution in [2.75, 3.05) is 19.8 Å². The molecular formula is C25H43NO4Si2. The Balaban J connectivity index is 2.50. The Hall–Kier alpha value is -1.42. The van der Waals surface area contributed by atoms with Crippen LogP contribution in [0, 0.1) is 0 Å². The second-order valence-corrected chi connectivity index (χ2v) is 19.7. The van der Waals surface area contributed by atoms with Crippen molar-refractivity contribution in [1.82, 2.24) is 4.90 Å². The maximum atomic E-state index is 12.3. The van der Waals surface area contributed by atoms with E-state index in [1.165, 1.54) is 0 Å². The van der Waals surface area contributed by atoms with Crippen molar-refractivity contribution < 1.29 is 18.4 Å². The van der Waals surface area contributed by atoms with Crippen LogP contribution in [0.4, 0.5) is 4.79 Å². The summed E-state index contributed by atoms with van der Waals surface area (Å²) in [5.74, 6) is 0. The molecule has 0 spiro atoms. The summed E-state index contributed by atoms with van der Waals surface area (Å²) in [6, 6.07) is 13.5. The molecule has 1 heterocycles. The molecule has 0 bridgehead atoms. The molecule has 1 aliphatic heterocycles. The molecule has 1 atom stereocenters. The highest BCUT2D eigenvalue weighted by atomic mass is 28.4. The second kappa shape index (κ2) is 11.1. The number of carbonyl (C=O) groups is 1. The summed E-state index contributed by atoms with van der Waals surface area (Å²) in [6.45, 7) is 19.4. The Labute approximate surface area is 197 Å². The van der Waals surface area contributed by atoms with Gasteiger partial charge in [-0.3, -0.25) is 4.90 Å². The lowest BCUT2D eigenvalue weighted by atomic mass is 10.0. The summed E-state index contributed by atoms with van der Waals surface area (Å²) in [6.07, 6.45) is 1.40. The third kappa shape index (κ3) is 6.56. The van der Waals surface area contributed by atoms with Gasteiger partial charge in [0.25, 0.3) is 0 Å². The molecule has 1 unspecified atom stereocenters. The minimum absolute atomic E-state index is 0.0998. The van der Waals surface area contributed by atoms with Gasteiger partial charge < -0.3 is 13.6 Å². The molecule has 0 radical (unpaired) electrons. The van der Waals surface area contributed by atoms with Crippen LogP contribution in [0.1, 0.15) is 53.2 Å². The minimum atomic E-state index is -1.99. The van der Waals surface area contributed by atoms with Gasteiger partial charge >= 0.3 is 6.09 Å². The zero-order chi connectivity index (χ0) is 24.0. The number of ether oxygens (including phenoxy) is 1.